The highest BCUT2D eigenvalue weighted by atomic mass is 15.2. The molecule has 1 aromatic carbocycles. The molecule has 2 heterocycles. The first-order valence-electron chi connectivity index (χ1n) is 5.99. The molecule has 4 heteroatoms. The molecule has 90 valence electrons. The predicted octanol–water partition coefficient (Wildman–Crippen LogP) is 2.40. The van der Waals surface area contributed by atoms with Crippen molar-refractivity contribution in [3.8, 4) is 0 Å². The molecule has 0 amide bonds. The molecular formula is C14H14N4. The van der Waals surface area contributed by atoms with Crippen LogP contribution in [0.4, 0.5) is 0 Å². The SMILES string of the molecule is Cc1ccc2cc(C3=NN=C(N)CC3)ccc2n1. The van der Waals surface area contributed by atoms with E-state index >= 15 is 0 Å². The Balaban J connectivity index is 2.06. The second-order valence-corrected chi connectivity index (χ2v) is 4.50. The number of benzene rings is 1. The van der Waals surface area contributed by atoms with Crippen molar-refractivity contribution in [1.29, 1.82) is 0 Å². The number of hydrogen-bond acceptors (Lipinski definition) is 4. The van der Waals surface area contributed by atoms with E-state index in [4.69, 9.17) is 5.73 Å². The third-order valence-corrected chi connectivity index (χ3v) is 3.08. The Labute approximate surface area is 105 Å². The molecule has 0 saturated carbocycles. The van der Waals surface area contributed by atoms with Gasteiger partial charge in [0, 0.05) is 17.5 Å². The first-order chi connectivity index (χ1) is 8.72. The molecule has 1 aliphatic rings. The van der Waals surface area contributed by atoms with Crippen molar-refractivity contribution in [2.24, 2.45) is 15.9 Å². The van der Waals surface area contributed by atoms with Crippen LogP contribution in [0.1, 0.15) is 24.1 Å². The van der Waals surface area contributed by atoms with Gasteiger partial charge in [0.05, 0.1) is 11.2 Å². The first kappa shape index (κ1) is 10.9. The monoisotopic (exact) mass is 238 g/mol. The lowest BCUT2D eigenvalue weighted by molar-refractivity contribution is 1.02. The summed E-state index contributed by atoms with van der Waals surface area (Å²) in [6, 6.07) is 10.3. The number of nitrogens with zero attached hydrogens (tertiary/aromatic N) is 3. The third-order valence-electron chi connectivity index (χ3n) is 3.08. The molecule has 0 spiro atoms. The van der Waals surface area contributed by atoms with E-state index in [2.05, 4.69) is 27.3 Å². The van der Waals surface area contributed by atoms with Gasteiger partial charge in [0.15, 0.2) is 0 Å². The molecule has 0 unspecified atom stereocenters. The van der Waals surface area contributed by atoms with Crippen LogP contribution in [0, 0.1) is 6.92 Å². The number of nitrogens with two attached hydrogens (primary N) is 1. The molecule has 1 aromatic heterocycles. The maximum Gasteiger partial charge on any atom is 0.122 e. The Hall–Kier alpha value is -2.23. The van der Waals surface area contributed by atoms with Crippen molar-refractivity contribution >= 4 is 22.5 Å². The summed E-state index contributed by atoms with van der Waals surface area (Å²) >= 11 is 0. The molecule has 18 heavy (non-hydrogen) atoms. The smallest absolute Gasteiger partial charge is 0.122 e. The molecule has 0 bridgehead atoms. The topological polar surface area (TPSA) is 63.6 Å². The highest BCUT2D eigenvalue weighted by molar-refractivity contribution is 6.05. The molecule has 1 aliphatic heterocycles. The van der Waals surface area contributed by atoms with Gasteiger partial charge in [0.25, 0.3) is 0 Å². The minimum Gasteiger partial charge on any atom is -0.386 e. The molecule has 3 rings (SSSR count). The van der Waals surface area contributed by atoms with Gasteiger partial charge in [-0.3, -0.25) is 4.98 Å². The fourth-order valence-corrected chi connectivity index (χ4v) is 2.08. The van der Waals surface area contributed by atoms with Gasteiger partial charge < -0.3 is 5.73 Å². The lowest BCUT2D eigenvalue weighted by Crippen LogP contribution is -2.17. The molecular weight excluding hydrogens is 224 g/mol. The zero-order valence-corrected chi connectivity index (χ0v) is 10.2. The fourth-order valence-electron chi connectivity index (χ4n) is 2.08. The predicted molar refractivity (Wildman–Crippen MR) is 73.9 cm³/mol. The zero-order chi connectivity index (χ0) is 12.5. The number of aromatic nitrogens is 1. The van der Waals surface area contributed by atoms with E-state index in [0.717, 1.165) is 40.7 Å². The van der Waals surface area contributed by atoms with Crippen LogP contribution < -0.4 is 5.73 Å². The minimum atomic E-state index is 0.608. The van der Waals surface area contributed by atoms with Crippen LogP contribution in [0.3, 0.4) is 0 Å². The molecule has 2 N–H and O–H groups in total. The number of pyridine rings is 1. The van der Waals surface area contributed by atoms with Gasteiger partial charge in [-0.05, 0) is 37.1 Å². The highest BCUT2D eigenvalue weighted by Crippen LogP contribution is 2.18. The van der Waals surface area contributed by atoms with Crippen molar-refractivity contribution in [3.63, 3.8) is 0 Å². The summed E-state index contributed by atoms with van der Waals surface area (Å²) in [5, 5.41) is 9.24. The van der Waals surface area contributed by atoms with Crippen molar-refractivity contribution in [2.45, 2.75) is 19.8 Å². The van der Waals surface area contributed by atoms with Gasteiger partial charge in [-0.25, -0.2) is 0 Å². The van der Waals surface area contributed by atoms with Crippen LogP contribution in [0.15, 0.2) is 40.5 Å². The number of aryl methyl sites for hydroxylation is 1. The molecule has 0 saturated heterocycles. The quantitative estimate of drug-likeness (QED) is 0.829. The van der Waals surface area contributed by atoms with Gasteiger partial charge in [0.2, 0.25) is 0 Å². The molecule has 0 atom stereocenters. The summed E-state index contributed by atoms with van der Waals surface area (Å²) < 4.78 is 0. The van der Waals surface area contributed by atoms with E-state index in [-0.39, 0.29) is 0 Å². The number of hydrogen-bond donors (Lipinski definition) is 1. The van der Waals surface area contributed by atoms with Crippen molar-refractivity contribution in [2.75, 3.05) is 0 Å². The lowest BCUT2D eigenvalue weighted by Gasteiger charge is -2.10. The zero-order valence-electron chi connectivity index (χ0n) is 10.2. The Morgan fingerprint density at radius 3 is 2.72 bits per heavy atom. The molecule has 0 fully saturated rings. The molecule has 2 aromatic rings. The molecule has 0 radical (unpaired) electrons. The number of amidine groups is 1. The number of rotatable bonds is 1. The van der Waals surface area contributed by atoms with Gasteiger partial charge >= 0.3 is 0 Å². The summed E-state index contributed by atoms with van der Waals surface area (Å²) in [5.41, 5.74) is 9.75. The van der Waals surface area contributed by atoms with Crippen LogP contribution in [-0.2, 0) is 0 Å². The normalized spacial score (nSPS) is 15.4. The van der Waals surface area contributed by atoms with Crippen LogP contribution in [0.2, 0.25) is 0 Å². The van der Waals surface area contributed by atoms with Crippen LogP contribution in [0.5, 0.6) is 0 Å². The summed E-state index contributed by atoms with van der Waals surface area (Å²) in [4.78, 5) is 4.49. The summed E-state index contributed by atoms with van der Waals surface area (Å²) in [7, 11) is 0. The van der Waals surface area contributed by atoms with E-state index < -0.39 is 0 Å². The Morgan fingerprint density at radius 2 is 1.94 bits per heavy atom. The largest absolute Gasteiger partial charge is 0.386 e. The average molecular weight is 238 g/mol. The van der Waals surface area contributed by atoms with E-state index in [9.17, 15) is 0 Å². The third kappa shape index (κ3) is 1.97. The van der Waals surface area contributed by atoms with Crippen molar-refractivity contribution in [3.05, 3.63) is 41.6 Å². The van der Waals surface area contributed by atoms with Gasteiger partial charge in [-0.1, -0.05) is 12.1 Å². The number of fused-ring (bicyclic) bond motifs is 1. The van der Waals surface area contributed by atoms with Gasteiger partial charge in [0.1, 0.15) is 5.84 Å². The van der Waals surface area contributed by atoms with E-state index in [1.165, 1.54) is 0 Å². The minimum absolute atomic E-state index is 0.608. The Morgan fingerprint density at radius 1 is 1.06 bits per heavy atom. The fraction of sp³-hybridized carbons (Fsp3) is 0.214. The van der Waals surface area contributed by atoms with Crippen molar-refractivity contribution < 1.29 is 0 Å². The van der Waals surface area contributed by atoms with Crippen LogP contribution in [0.25, 0.3) is 10.9 Å². The lowest BCUT2D eigenvalue weighted by atomic mass is 10.0. The van der Waals surface area contributed by atoms with Gasteiger partial charge in [-0.15, -0.1) is 5.10 Å². The van der Waals surface area contributed by atoms with Crippen molar-refractivity contribution in [1.82, 2.24) is 4.98 Å². The first-order valence-corrected chi connectivity index (χ1v) is 5.99. The van der Waals surface area contributed by atoms with E-state index in [1.807, 2.05) is 25.1 Å². The van der Waals surface area contributed by atoms with Crippen LogP contribution in [-0.4, -0.2) is 16.5 Å². The summed E-state index contributed by atoms with van der Waals surface area (Å²) in [6.45, 7) is 2.00. The second-order valence-electron chi connectivity index (χ2n) is 4.50. The van der Waals surface area contributed by atoms with Gasteiger partial charge in [-0.2, -0.15) is 5.10 Å². The Kier molecular flexibility index (Phi) is 2.55. The summed E-state index contributed by atoms with van der Waals surface area (Å²) in [6.07, 6.45) is 1.63. The van der Waals surface area contributed by atoms with E-state index in [1.54, 1.807) is 0 Å². The maximum absolute atomic E-state index is 5.62. The standard InChI is InChI=1S/C14H14N4/c1-9-2-3-10-8-11(4-5-12(10)16-9)13-6-7-14(15)18-17-13/h2-5,8H,6-7H2,1H3,(H2,15,18). The average Bonchev–Trinajstić information content (AvgIpc) is 2.39. The molecule has 4 nitrogen and oxygen atoms in total. The van der Waals surface area contributed by atoms with Crippen LogP contribution >= 0.6 is 0 Å². The maximum atomic E-state index is 5.62. The summed E-state index contributed by atoms with van der Waals surface area (Å²) in [5.74, 6) is 0.608. The second kappa shape index (κ2) is 4.22. The Bertz CT molecular complexity index is 671. The highest BCUT2D eigenvalue weighted by Gasteiger charge is 2.10. The molecule has 0 aliphatic carbocycles. The van der Waals surface area contributed by atoms with E-state index in [0.29, 0.717) is 5.84 Å².